The SMILES string of the molecule is COC(=O)c1ccc(COCc2cccs2)c(Br)c1. The molecule has 1 aromatic carbocycles. The van der Waals surface area contributed by atoms with Gasteiger partial charge in [-0.2, -0.15) is 0 Å². The average Bonchev–Trinajstić information content (AvgIpc) is 2.93. The Balaban J connectivity index is 1.95. The lowest BCUT2D eigenvalue weighted by atomic mass is 10.1. The van der Waals surface area contributed by atoms with Crippen molar-refractivity contribution < 1.29 is 14.3 Å². The van der Waals surface area contributed by atoms with E-state index in [-0.39, 0.29) is 5.97 Å². The molecule has 3 nitrogen and oxygen atoms in total. The van der Waals surface area contributed by atoms with Gasteiger partial charge in [-0.15, -0.1) is 11.3 Å². The fourth-order valence-electron chi connectivity index (χ4n) is 1.57. The normalized spacial score (nSPS) is 10.4. The Kier molecular flexibility index (Phi) is 5.13. The monoisotopic (exact) mass is 340 g/mol. The molecule has 0 bridgehead atoms. The Bertz CT molecular complexity index is 552. The van der Waals surface area contributed by atoms with Gasteiger partial charge < -0.3 is 9.47 Å². The summed E-state index contributed by atoms with van der Waals surface area (Å²) in [6, 6.07) is 9.39. The minimum atomic E-state index is -0.341. The van der Waals surface area contributed by atoms with E-state index in [9.17, 15) is 4.79 Å². The zero-order valence-electron chi connectivity index (χ0n) is 10.4. The van der Waals surface area contributed by atoms with E-state index >= 15 is 0 Å². The van der Waals surface area contributed by atoms with Gasteiger partial charge in [0.1, 0.15) is 0 Å². The highest BCUT2D eigenvalue weighted by Crippen LogP contribution is 2.21. The Hall–Kier alpha value is -1.17. The number of rotatable bonds is 5. The average molecular weight is 341 g/mol. The third-order valence-corrected chi connectivity index (χ3v) is 4.14. The molecule has 0 fully saturated rings. The van der Waals surface area contributed by atoms with Gasteiger partial charge in [0, 0.05) is 9.35 Å². The van der Waals surface area contributed by atoms with Gasteiger partial charge in [0.25, 0.3) is 0 Å². The standard InChI is InChI=1S/C14H13BrO3S/c1-17-14(16)10-4-5-11(13(15)7-10)8-18-9-12-3-2-6-19-12/h2-7H,8-9H2,1H3. The number of carbonyl (C=O) groups is 1. The van der Waals surface area contributed by atoms with E-state index < -0.39 is 0 Å². The van der Waals surface area contributed by atoms with Gasteiger partial charge in [-0.05, 0) is 29.1 Å². The van der Waals surface area contributed by atoms with Crippen LogP contribution in [0.3, 0.4) is 0 Å². The van der Waals surface area contributed by atoms with Crippen LogP contribution in [0, 0.1) is 0 Å². The van der Waals surface area contributed by atoms with Gasteiger partial charge >= 0.3 is 5.97 Å². The van der Waals surface area contributed by atoms with Crippen molar-refractivity contribution in [1.29, 1.82) is 0 Å². The van der Waals surface area contributed by atoms with Gasteiger partial charge in [0.2, 0.25) is 0 Å². The lowest BCUT2D eigenvalue weighted by Crippen LogP contribution is -2.02. The molecule has 0 saturated carbocycles. The lowest BCUT2D eigenvalue weighted by molar-refractivity contribution is 0.0600. The fraction of sp³-hybridized carbons (Fsp3) is 0.214. The van der Waals surface area contributed by atoms with Crippen molar-refractivity contribution in [2.45, 2.75) is 13.2 Å². The predicted molar refractivity (Wildman–Crippen MR) is 78.3 cm³/mol. The van der Waals surface area contributed by atoms with Gasteiger partial charge in [-0.3, -0.25) is 0 Å². The quantitative estimate of drug-likeness (QED) is 0.771. The molecule has 0 radical (unpaired) electrons. The number of thiophene rings is 1. The molecule has 2 rings (SSSR count). The van der Waals surface area contributed by atoms with Crippen LogP contribution in [0.2, 0.25) is 0 Å². The summed E-state index contributed by atoms with van der Waals surface area (Å²) in [4.78, 5) is 12.6. The van der Waals surface area contributed by atoms with Crippen LogP contribution in [-0.4, -0.2) is 13.1 Å². The summed E-state index contributed by atoms with van der Waals surface area (Å²) < 4.78 is 11.2. The van der Waals surface area contributed by atoms with Crippen LogP contribution in [0.4, 0.5) is 0 Å². The molecule has 0 aliphatic rings. The van der Waals surface area contributed by atoms with Crippen LogP contribution in [0.15, 0.2) is 40.2 Å². The maximum absolute atomic E-state index is 11.4. The highest BCUT2D eigenvalue weighted by Gasteiger charge is 2.08. The van der Waals surface area contributed by atoms with Crippen LogP contribution < -0.4 is 0 Å². The molecular weight excluding hydrogens is 328 g/mol. The lowest BCUT2D eigenvalue weighted by Gasteiger charge is -2.07. The van der Waals surface area contributed by atoms with Gasteiger partial charge in [0.05, 0.1) is 25.9 Å². The van der Waals surface area contributed by atoms with Crippen molar-refractivity contribution in [3.05, 3.63) is 56.2 Å². The second-order valence-corrected chi connectivity index (χ2v) is 5.76. The first-order chi connectivity index (χ1) is 9.20. The van der Waals surface area contributed by atoms with E-state index in [0.717, 1.165) is 10.0 Å². The van der Waals surface area contributed by atoms with Crippen molar-refractivity contribution in [3.8, 4) is 0 Å². The van der Waals surface area contributed by atoms with Crippen molar-refractivity contribution in [2.24, 2.45) is 0 Å². The number of hydrogen-bond donors (Lipinski definition) is 0. The first-order valence-corrected chi connectivity index (χ1v) is 7.35. The zero-order chi connectivity index (χ0) is 13.7. The van der Waals surface area contributed by atoms with Crippen LogP contribution in [0.25, 0.3) is 0 Å². The van der Waals surface area contributed by atoms with E-state index in [4.69, 9.17) is 4.74 Å². The molecule has 0 saturated heterocycles. The van der Waals surface area contributed by atoms with E-state index in [0.29, 0.717) is 18.8 Å². The molecular formula is C14H13BrO3S. The zero-order valence-corrected chi connectivity index (χ0v) is 12.8. The smallest absolute Gasteiger partial charge is 0.337 e. The molecule has 0 N–H and O–H groups in total. The highest BCUT2D eigenvalue weighted by molar-refractivity contribution is 9.10. The molecule has 0 spiro atoms. The Labute approximate surface area is 124 Å². The summed E-state index contributed by atoms with van der Waals surface area (Å²) in [7, 11) is 1.37. The Morgan fingerprint density at radius 2 is 2.16 bits per heavy atom. The molecule has 0 aliphatic carbocycles. The van der Waals surface area contributed by atoms with Crippen molar-refractivity contribution in [1.82, 2.24) is 0 Å². The molecule has 5 heteroatoms. The molecule has 0 amide bonds. The maximum atomic E-state index is 11.4. The summed E-state index contributed by atoms with van der Waals surface area (Å²) in [6.07, 6.45) is 0. The number of benzene rings is 1. The third kappa shape index (κ3) is 3.89. The Morgan fingerprint density at radius 1 is 1.32 bits per heavy atom. The minimum absolute atomic E-state index is 0.341. The predicted octanol–water partition coefficient (Wildman–Crippen LogP) is 4.01. The summed E-state index contributed by atoms with van der Waals surface area (Å²) in [5, 5.41) is 2.03. The number of carbonyl (C=O) groups excluding carboxylic acids is 1. The van der Waals surface area contributed by atoms with Crippen LogP contribution in [-0.2, 0) is 22.7 Å². The Morgan fingerprint density at radius 3 is 2.79 bits per heavy atom. The number of hydrogen-bond acceptors (Lipinski definition) is 4. The number of esters is 1. The molecule has 1 aromatic heterocycles. The molecule has 2 aromatic rings. The summed E-state index contributed by atoms with van der Waals surface area (Å²) in [6.45, 7) is 1.10. The number of methoxy groups -OCH3 is 1. The van der Waals surface area contributed by atoms with Crippen LogP contribution in [0.5, 0.6) is 0 Å². The summed E-state index contributed by atoms with van der Waals surface area (Å²) in [5.41, 5.74) is 1.53. The fourth-order valence-corrected chi connectivity index (χ4v) is 2.70. The topological polar surface area (TPSA) is 35.5 Å². The molecule has 0 unspecified atom stereocenters. The largest absolute Gasteiger partial charge is 0.465 e. The van der Waals surface area contributed by atoms with Crippen molar-refractivity contribution in [3.63, 3.8) is 0 Å². The van der Waals surface area contributed by atoms with E-state index in [1.807, 2.05) is 23.6 Å². The molecule has 0 aliphatic heterocycles. The second kappa shape index (κ2) is 6.84. The third-order valence-electron chi connectivity index (χ3n) is 2.56. The van der Waals surface area contributed by atoms with Gasteiger partial charge in [-0.1, -0.05) is 28.1 Å². The number of halogens is 1. The van der Waals surface area contributed by atoms with E-state index in [1.165, 1.54) is 12.0 Å². The van der Waals surface area contributed by atoms with Crippen molar-refractivity contribution in [2.75, 3.05) is 7.11 Å². The van der Waals surface area contributed by atoms with Gasteiger partial charge in [0.15, 0.2) is 0 Å². The van der Waals surface area contributed by atoms with E-state index in [2.05, 4.69) is 20.7 Å². The van der Waals surface area contributed by atoms with Crippen LogP contribution in [0.1, 0.15) is 20.8 Å². The first-order valence-electron chi connectivity index (χ1n) is 5.67. The molecule has 19 heavy (non-hydrogen) atoms. The maximum Gasteiger partial charge on any atom is 0.337 e. The second-order valence-electron chi connectivity index (χ2n) is 3.87. The molecule has 0 atom stereocenters. The molecule has 100 valence electrons. The highest BCUT2D eigenvalue weighted by atomic mass is 79.9. The molecule has 1 heterocycles. The van der Waals surface area contributed by atoms with E-state index in [1.54, 1.807) is 23.5 Å². The summed E-state index contributed by atoms with van der Waals surface area (Å²) in [5.74, 6) is -0.341. The minimum Gasteiger partial charge on any atom is -0.465 e. The van der Waals surface area contributed by atoms with Crippen LogP contribution >= 0.6 is 27.3 Å². The summed E-state index contributed by atoms with van der Waals surface area (Å²) >= 11 is 5.11. The van der Waals surface area contributed by atoms with Gasteiger partial charge in [-0.25, -0.2) is 4.79 Å². The van der Waals surface area contributed by atoms with Crippen molar-refractivity contribution >= 4 is 33.2 Å². The first kappa shape index (κ1) is 14.2. The number of ether oxygens (including phenoxy) is 2.